The highest BCUT2D eigenvalue weighted by atomic mass is 35.5. The van der Waals surface area contributed by atoms with Gasteiger partial charge in [0.2, 0.25) is 0 Å². The van der Waals surface area contributed by atoms with Gasteiger partial charge in [-0.3, -0.25) is 4.79 Å². The molecule has 0 heterocycles. The van der Waals surface area contributed by atoms with Crippen molar-refractivity contribution in [1.29, 1.82) is 0 Å². The van der Waals surface area contributed by atoms with Gasteiger partial charge in [0, 0.05) is 15.6 Å². The minimum absolute atomic E-state index is 0.0782. The molecular weight excluding hydrogens is 326 g/mol. The maximum absolute atomic E-state index is 13.6. The van der Waals surface area contributed by atoms with Crippen LogP contribution in [0.1, 0.15) is 15.9 Å². The zero-order chi connectivity index (χ0) is 14.7. The molecule has 20 heavy (non-hydrogen) atoms. The molecule has 2 aromatic carbocycles. The average Bonchev–Trinajstić information content (AvgIpc) is 2.38. The molecular formula is C14H8Cl3FO2. The number of hydrogen-bond donors (Lipinski definition) is 0. The molecule has 0 aromatic heterocycles. The summed E-state index contributed by atoms with van der Waals surface area (Å²) in [6, 6.07) is 7.11. The zero-order valence-electron chi connectivity index (χ0n) is 10.00. The van der Waals surface area contributed by atoms with E-state index >= 15 is 0 Å². The Morgan fingerprint density at radius 3 is 2.50 bits per heavy atom. The Labute approximate surface area is 130 Å². The summed E-state index contributed by atoms with van der Waals surface area (Å²) in [7, 11) is 0. The SMILES string of the molecule is O=Cc1cc(Cl)cc(Cl)c1OCc1ccc(Cl)cc1F. The van der Waals surface area contributed by atoms with Crippen molar-refractivity contribution in [2.24, 2.45) is 0 Å². The van der Waals surface area contributed by atoms with Crippen LogP contribution in [0.2, 0.25) is 15.1 Å². The van der Waals surface area contributed by atoms with E-state index in [4.69, 9.17) is 39.5 Å². The largest absolute Gasteiger partial charge is 0.486 e. The van der Waals surface area contributed by atoms with Gasteiger partial charge < -0.3 is 4.74 Å². The van der Waals surface area contributed by atoms with E-state index in [2.05, 4.69) is 0 Å². The molecule has 0 atom stereocenters. The van der Waals surface area contributed by atoms with E-state index in [0.29, 0.717) is 21.9 Å². The van der Waals surface area contributed by atoms with Crippen LogP contribution in [0.15, 0.2) is 30.3 Å². The smallest absolute Gasteiger partial charge is 0.153 e. The Bertz CT molecular complexity index is 659. The van der Waals surface area contributed by atoms with E-state index in [9.17, 15) is 9.18 Å². The minimum atomic E-state index is -0.491. The highest BCUT2D eigenvalue weighted by molar-refractivity contribution is 6.36. The summed E-state index contributed by atoms with van der Waals surface area (Å²) in [4.78, 5) is 11.0. The van der Waals surface area contributed by atoms with Crippen molar-refractivity contribution in [3.8, 4) is 5.75 Å². The molecule has 0 aliphatic heterocycles. The maximum Gasteiger partial charge on any atom is 0.153 e. The molecule has 0 saturated heterocycles. The van der Waals surface area contributed by atoms with Crippen molar-refractivity contribution in [3.05, 3.63) is 62.3 Å². The average molecular weight is 334 g/mol. The fraction of sp³-hybridized carbons (Fsp3) is 0.0714. The van der Waals surface area contributed by atoms with E-state index in [0.717, 1.165) is 0 Å². The predicted octanol–water partition coefficient (Wildman–Crippen LogP) is 5.18. The molecule has 0 fully saturated rings. The second-order valence-corrected chi connectivity index (χ2v) is 5.23. The van der Waals surface area contributed by atoms with Gasteiger partial charge in [-0.05, 0) is 24.3 Å². The van der Waals surface area contributed by atoms with Crippen molar-refractivity contribution in [1.82, 2.24) is 0 Å². The van der Waals surface area contributed by atoms with Gasteiger partial charge in [-0.25, -0.2) is 4.39 Å². The van der Waals surface area contributed by atoms with E-state index in [1.807, 2.05) is 0 Å². The zero-order valence-corrected chi connectivity index (χ0v) is 12.3. The van der Waals surface area contributed by atoms with Gasteiger partial charge in [0.1, 0.15) is 18.2 Å². The fourth-order valence-electron chi connectivity index (χ4n) is 1.61. The summed E-state index contributed by atoms with van der Waals surface area (Å²) in [6.07, 6.45) is 0.575. The van der Waals surface area contributed by atoms with E-state index < -0.39 is 5.82 Å². The van der Waals surface area contributed by atoms with Gasteiger partial charge in [-0.1, -0.05) is 40.9 Å². The molecule has 2 aromatic rings. The topological polar surface area (TPSA) is 26.3 Å². The van der Waals surface area contributed by atoms with Gasteiger partial charge >= 0.3 is 0 Å². The van der Waals surface area contributed by atoms with Crippen molar-refractivity contribution in [3.63, 3.8) is 0 Å². The lowest BCUT2D eigenvalue weighted by atomic mass is 10.2. The van der Waals surface area contributed by atoms with Crippen molar-refractivity contribution >= 4 is 41.1 Å². The van der Waals surface area contributed by atoms with Crippen molar-refractivity contribution < 1.29 is 13.9 Å². The number of carbonyl (C=O) groups is 1. The summed E-state index contributed by atoms with van der Waals surface area (Å²) in [6.45, 7) is -0.0782. The van der Waals surface area contributed by atoms with Crippen LogP contribution >= 0.6 is 34.8 Å². The number of rotatable bonds is 4. The summed E-state index contributed by atoms with van der Waals surface area (Å²) in [5, 5.41) is 0.806. The lowest BCUT2D eigenvalue weighted by Gasteiger charge is -2.11. The molecule has 0 amide bonds. The Balaban J connectivity index is 2.25. The normalized spacial score (nSPS) is 10.4. The first-order chi connectivity index (χ1) is 9.51. The Kier molecular flexibility index (Phi) is 4.86. The molecule has 104 valence electrons. The van der Waals surface area contributed by atoms with E-state index in [1.54, 1.807) is 6.07 Å². The van der Waals surface area contributed by atoms with E-state index in [1.165, 1.54) is 24.3 Å². The second kappa shape index (κ2) is 6.44. The lowest BCUT2D eigenvalue weighted by molar-refractivity contribution is 0.111. The third-order valence-electron chi connectivity index (χ3n) is 2.55. The van der Waals surface area contributed by atoms with Crippen molar-refractivity contribution in [2.75, 3.05) is 0 Å². The van der Waals surface area contributed by atoms with Gasteiger partial charge in [0.15, 0.2) is 6.29 Å². The number of halogens is 4. The van der Waals surface area contributed by atoms with Crippen LogP contribution in [-0.4, -0.2) is 6.29 Å². The highest BCUT2D eigenvalue weighted by Gasteiger charge is 2.12. The molecule has 2 rings (SSSR count). The molecule has 0 N–H and O–H groups in total. The maximum atomic E-state index is 13.6. The van der Waals surface area contributed by atoms with Crippen LogP contribution < -0.4 is 4.74 Å². The number of ether oxygens (including phenoxy) is 1. The number of aldehydes is 1. The Morgan fingerprint density at radius 1 is 1.10 bits per heavy atom. The third-order valence-corrected chi connectivity index (χ3v) is 3.29. The van der Waals surface area contributed by atoms with Crippen LogP contribution in [0.3, 0.4) is 0 Å². The Hall–Kier alpha value is -1.29. The summed E-state index contributed by atoms with van der Waals surface area (Å²) in [5.74, 6) is -0.323. The molecule has 0 saturated carbocycles. The molecule has 2 nitrogen and oxygen atoms in total. The Morgan fingerprint density at radius 2 is 1.85 bits per heavy atom. The van der Waals surface area contributed by atoms with Crippen LogP contribution in [0.5, 0.6) is 5.75 Å². The quantitative estimate of drug-likeness (QED) is 0.721. The van der Waals surface area contributed by atoms with Gasteiger partial charge in [0.25, 0.3) is 0 Å². The molecule has 0 bridgehead atoms. The first-order valence-electron chi connectivity index (χ1n) is 5.52. The number of hydrogen-bond acceptors (Lipinski definition) is 2. The van der Waals surface area contributed by atoms with E-state index in [-0.39, 0.29) is 22.9 Å². The first kappa shape index (κ1) is 15.1. The van der Waals surface area contributed by atoms with Crippen LogP contribution in [0.25, 0.3) is 0 Å². The summed E-state index contributed by atoms with van der Waals surface area (Å²) < 4.78 is 19.0. The third kappa shape index (κ3) is 3.42. The van der Waals surface area contributed by atoms with Gasteiger partial charge in [-0.2, -0.15) is 0 Å². The molecule has 0 spiro atoms. The molecule has 0 aliphatic carbocycles. The monoisotopic (exact) mass is 332 g/mol. The van der Waals surface area contributed by atoms with Crippen LogP contribution in [0, 0.1) is 5.82 Å². The predicted molar refractivity (Wildman–Crippen MR) is 77.6 cm³/mol. The number of carbonyl (C=O) groups excluding carboxylic acids is 1. The fourth-order valence-corrected chi connectivity index (χ4v) is 2.33. The molecule has 0 aliphatic rings. The van der Waals surface area contributed by atoms with Crippen LogP contribution in [0.4, 0.5) is 4.39 Å². The molecule has 0 unspecified atom stereocenters. The first-order valence-corrected chi connectivity index (χ1v) is 6.65. The number of benzene rings is 2. The standard InChI is InChI=1S/C14H8Cl3FO2/c15-10-2-1-8(13(18)5-10)7-20-14-9(6-19)3-11(16)4-12(14)17/h1-6H,7H2. The summed E-state index contributed by atoms with van der Waals surface area (Å²) >= 11 is 17.4. The van der Waals surface area contributed by atoms with Crippen LogP contribution in [-0.2, 0) is 6.61 Å². The highest BCUT2D eigenvalue weighted by Crippen LogP contribution is 2.32. The second-order valence-electron chi connectivity index (χ2n) is 3.95. The molecule has 6 heteroatoms. The van der Waals surface area contributed by atoms with Gasteiger partial charge in [-0.15, -0.1) is 0 Å². The minimum Gasteiger partial charge on any atom is -0.486 e. The van der Waals surface area contributed by atoms with Gasteiger partial charge in [0.05, 0.1) is 10.6 Å². The molecule has 0 radical (unpaired) electrons. The van der Waals surface area contributed by atoms with Crippen molar-refractivity contribution in [2.45, 2.75) is 6.61 Å². The lowest BCUT2D eigenvalue weighted by Crippen LogP contribution is -2.01. The summed E-state index contributed by atoms with van der Waals surface area (Å²) in [5.41, 5.74) is 0.508.